The van der Waals surface area contributed by atoms with Gasteiger partial charge in [-0.25, -0.2) is 9.18 Å². The van der Waals surface area contributed by atoms with Crippen LogP contribution in [0.3, 0.4) is 0 Å². The quantitative estimate of drug-likeness (QED) is 0.0216. The summed E-state index contributed by atoms with van der Waals surface area (Å²) in [4.78, 5) is 66.1. The molecule has 0 saturated carbocycles. The number of halogens is 2. The largest absolute Gasteiger partial charge is 0.493 e. The molecule has 1 saturated heterocycles. The Hall–Kier alpha value is -6.47. The molecule has 3 heterocycles. The van der Waals surface area contributed by atoms with E-state index in [1.165, 1.54) is 79.5 Å². The number of nitrogens with one attached hydrogen (secondary N) is 1. The molecular formula is C83H132ClFN4O8. The summed E-state index contributed by atoms with van der Waals surface area (Å²) in [7, 11) is 0. The number of nitrogens with zero attached hydrogens (tertiary/aromatic N) is 3. The normalized spacial score (nSPS) is 13.4. The number of aromatic nitrogens is 1. The molecule has 5 aromatic rings. The number of hydrogen-bond acceptors (Lipinski definition) is 8. The minimum Gasteiger partial charge on any atom is -0.493 e. The van der Waals surface area contributed by atoms with Gasteiger partial charge in [0.25, 0.3) is 11.8 Å². The van der Waals surface area contributed by atoms with Crippen LogP contribution in [0.1, 0.15) is 299 Å². The van der Waals surface area contributed by atoms with E-state index in [0.29, 0.717) is 85.6 Å². The second kappa shape index (κ2) is 52.6. The van der Waals surface area contributed by atoms with Gasteiger partial charge < -0.3 is 28.6 Å². The highest BCUT2D eigenvalue weighted by Crippen LogP contribution is 2.42. The van der Waals surface area contributed by atoms with Crippen LogP contribution in [0.2, 0.25) is 5.02 Å². The summed E-state index contributed by atoms with van der Waals surface area (Å²) in [5.41, 5.74) is 8.15. The number of fused-ring (bicyclic) bond motifs is 3. The SMILES string of the molecule is CC.CC.CC.CC/C=C(/C)C(=C(C)C)c1c(Cl)ccc2c(CCCOc3cccc4cc(F)ccc34)c(C(=O)OCCC)n(CCC(C)CC)c12.CCC.CCCC.CCCCCC(C)CC.CCCN(CCC)C(=O)COc1cccc2c1CN(C1CCC(=O)NC1=O)C2=O. The molecular weight excluding hydrogens is 1240 g/mol. The molecule has 1 aromatic heterocycles. The van der Waals surface area contributed by atoms with Crippen LogP contribution in [-0.4, -0.2) is 82.9 Å². The van der Waals surface area contributed by atoms with Gasteiger partial charge in [-0.15, -0.1) is 0 Å². The molecule has 2 aliphatic heterocycles. The fourth-order valence-electron chi connectivity index (χ4n) is 11.1. The highest BCUT2D eigenvalue weighted by molar-refractivity contribution is 6.34. The van der Waals surface area contributed by atoms with E-state index < -0.39 is 11.9 Å². The van der Waals surface area contributed by atoms with Crippen LogP contribution in [0.4, 0.5) is 4.39 Å². The van der Waals surface area contributed by atoms with Gasteiger partial charge in [-0.3, -0.25) is 24.5 Å². The van der Waals surface area contributed by atoms with Crippen molar-refractivity contribution < 1.29 is 42.6 Å². The monoisotopic (exact) mass is 1370 g/mol. The number of esters is 1. The molecule has 546 valence electrons. The maximum Gasteiger partial charge on any atom is 0.355 e. The van der Waals surface area contributed by atoms with Crippen molar-refractivity contribution in [3.05, 3.63) is 123 Å². The molecule has 0 aliphatic carbocycles. The van der Waals surface area contributed by atoms with Gasteiger partial charge in [0.15, 0.2) is 6.61 Å². The molecule has 4 amide bonds. The highest BCUT2D eigenvalue weighted by Gasteiger charge is 2.40. The Morgan fingerprint density at radius 3 is 1.89 bits per heavy atom. The number of rotatable bonds is 29. The molecule has 97 heavy (non-hydrogen) atoms. The number of allylic oxidation sites excluding steroid dienone is 4. The Morgan fingerprint density at radius 2 is 1.32 bits per heavy atom. The first-order chi connectivity index (χ1) is 46.7. The molecule has 12 nitrogen and oxygen atoms in total. The first kappa shape index (κ1) is 90.5. The fourth-order valence-corrected chi connectivity index (χ4v) is 11.3. The number of imide groups is 1. The first-order valence-corrected chi connectivity index (χ1v) is 37.9. The van der Waals surface area contributed by atoms with Gasteiger partial charge in [-0.2, -0.15) is 0 Å². The number of unbranched alkanes of at least 4 members (excludes halogenated alkanes) is 3. The van der Waals surface area contributed by atoms with Crippen LogP contribution in [0.15, 0.2) is 84.0 Å². The van der Waals surface area contributed by atoms with E-state index in [0.717, 1.165) is 88.6 Å². The summed E-state index contributed by atoms with van der Waals surface area (Å²) in [6.45, 7) is 49.5. The molecule has 0 spiro atoms. The Morgan fingerprint density at radius 1 is 0.711 bits per heavy atom. The summed E-state index contributed by atoms with van der Waals surface area (Å²) < 4.78 is 33.9. The standard InChI is InChI=1S/C40H49ClFNO3.C21H27N3O5.C9H20.C4H10.C3H8.3C2H6/c1-8-13-28(7)36(26(4)5)37-34(41)20-19-33-32(15-12-24-45-35-16-11-14-29-25-30(42)17-18-31(29)35)39(40(44)46-23-9-2)43(38(33)37)22-21-27(6)10-3;1-3-10-23(11-4-2)19(26)13-29-17-7-5-6-14-15(17)12-24(21(14)28)16-8-9-18(25)22-20(16)27;1-4-6-7-8-9(3)5-2;1-3-4-2;1-3-2;3*1-2/h11,13-14,16-20,25,27H,8-10,12,15,21-24H2,1-7H3;5-7,16H,3-4,8-13H2,1-2H3,(H,22,25,27);9H,4-8H2,1-3H3;3-4H2,1-2H3;3H2,1-2H3;3*1-2H3/b28-13-;;;;;;;. The molecule has 1 fully saturated rings. The number of carbonyl (C=O) groups excluding carboxylic acids is 5. The zero-order valence-electron chi connectivity index (χ0n) is 64.7. The minimum atomic E-state index is -0.674. The molecule has 1 N–H and O–H groups in total. The van der Waals surface area contributed by atoms with E-state index in [4.69, 9.17) is 25.8 Å². The van der Waals surface area contributed by atoms with Crippen molar-refractivity contribution in [2.24, 2.45) is 11.8 Å². The number of amides is 4. The van der Waals surface area contributed by atoms with Gasteiger partial charge in [0.2, 0.25) is 11.8 Å². The van der Waals surface area contributed by atoms with Gasteiger partial charge >= 0.3 is 5.97 Å². The van der Waals surface area contributed by atoms with E-state index in [1.54, 1.807) is 29.2 Å². The number of benzene rings is 4. The van der Waals surface area contributed by atoms with Gasteiger partial charge in [-0.1, -0.05) is 237 Å². The molecule has 3 atom stereocenters. The van der Waals surface area contributed by atoms with Crippen LogP contribution in [0.25, 0.3) is 27.2 Å². The van der Waals surface area contributed by atoms with Gasteiger partial charge in [-0.05, 0) is 149 Å². The highest BCUT2D eigenvalue weighted by atomic mass is 35.5. The molecule has 0 bridgehead atoms. The van der Waals surface area contributed by atoms with Crippen molar-refractivity contribution in [3.63, 3.8) is 0 Å². The van der Waals surface area contributed by atoms with Crippen molar-refractivity contribution in [2.75, 3.05) is 32.9 Å². The second-order valence-electron chi connectivity index (χ2n) is 24.5. The Balaban J connectivity index is 0.00000153. The lowest BCUT2D eigenvalue weighted by molar-refractivity contribution is -0.137. The predicted octanol–water partition coefficient (Wildman–Crippen LogP) is 23.1. The maximum absolute atomic E-state index is 13.9. The summed E-state index contributed by atoms with van der Waals surface area (Å²) in [5, 5.41) is 5.66. The summed E-state index contributed by atoms with van der Waals surface area (Å²) >= 11 is 7.09. The summed E-state index contributed by atoms with van der Waals surface area (Å²) in [6, 6.07) is 18.9. The van der Waals surface area contributed by atoms with Crippen LogP contribution >= 0.6 is 11.6 Å². The molecule has 4 aromatic carbocycles. The van der Waals surface area contributed by atoms with E-state index in [1.807, 2.05) is 86.6 Å². The first-order valence-electron chi connectivity index (χ1n) is 37.6. The Labute approximate surface area is 593 Å². The summed E-state index contributed by atoms with van der Waals surface area (Å²) in [6.07, 6.45) is 20.3. The van der Waals surface area contributed by atoms with Gasteiger partial charge in [0.05, 0.1) is 30.3 Å². The van der Waals surface area contributed by atoms with Crippen molar-refractivity contribution in [1.29, 1.82) is 0 Å². The number of ether oxygens (including phenoxy) is 3. The zero-order valence-corrected chi connectivity index (χ0v) is 65.5. The van der Waals surface area contributed by atoms with Crippen molar-refractivity contribution in [2.45, 2.75) is 287 Å². The van der Waals surface area contributed by atoms with Crippen LogP contribution in [-0.2, 0) is 38.6 Å². The predicted molar refractivity (Wildman–Crippen MR) is 411 cm³/mol. The van der Waals surface area contributed by atoms with Crippen LogP contribution < -0.4 is 14.8 Å². The van der Waals surface area contributed by atoms with Crippen LogP contribution in [0, 0.1) is 17.7 Å². The zero-order chi connectivity index (χ0) is 73.6. The number of carbonyl (C=O) groups is 5. The lowest BCUT2D eigenvalue weighted by Crippen LogP contribution is -2.52. The minimum absolute atomic E-state index is 0.0855. The van der Waals surface area contributed by atoms with E-state index >= 15 is 0 Å². The van der Waals surface area contributed by atoms with Gasteiger partial charge in [0, 0.05) is 53.5 Å². The maximum atomic E-state index is 13.9. The average Bonchev–Trinajstić information content (AvgIpc) is 1.60. The van der Waals surface area contributed by atoms with E-state index in [-0.39, 0.29) is 49.1 Å². The third kappa shape index (κ3) is 29.5. The average molecular weight is 1370 g/mol. The lowest BCUT2D eigenvalue weighted by Gasteiger charge is -2.29. The Kier molecular flexibility index (Phi) is 49.1. The smallest absolute Gasteiger partial charge is 0.355 e. The summed E-state index contributed by atoms with van der Waals surface area (Å²) in [5.74, 6) is 0.970. The van der Waals surface area contributed by atoms with Crippen molar-refractivity contribution in [3.8, 4) is 11.5 Å². The number of piperidine rings is 1. The molecule has 7 rings (SSSR count). The third-order valence-corrected chi connectivity index (χ3v) is 16.8. The molecule has 14 heteroatoms. The third-order valence-electron chi connectivity index (χ3n) is 16.5. The van der Waals surface area contributed by atoms with Crippen molar-refractivity contribution in [1.82, 2.24) is 19.7 Å². The second-order valence-corrected chi connectivity index (χ2v) is 25.0. The van der Waals surface area contributed by atoms with Crippen molar-refractivity contribution >= 4 is 68.4 Å². The van der Waals surface area contributed by atoms with Gasteiger partial charge in [0.1, 0.15) is 29.1 Å². The van der Waals surface area contributed by atoms with E-state index in [9.17, 15) is 28.4 Å². The number of hydrogen-bond donors (Lipinski definition) is 1. The lowest BCUT2D eigenvalue weighted by atomic mass is 9.91. The molecule has 2 aliphatic rings. The van der Waals surface area contributed by atoms with E-state index in [2.05, 4.69) is 112 Å². The van der Waals surface area contributed by atoms with Crippen LogP contribution in [0.5, 0.6) is 11.5 Å². The topological polar surface area (TPSA) is 136 Å². The number of aryl methyl sites for hydroxylation is 2. The fraction of sp³-hybridized carbons (Fsp3) is 0.602. The molecule has 3 unspecified atom stereocenters. The Bertz CT molecular complexity index is 3130. The molecule has 0 radical (unpaired) electrons.